The van der Waals surface area contributed by atoms with E-state index in [0.29, 0.717) is 5.92 Å². The highest BCUT2D eigenvalue weighted by Crippen LogP contribution is 2.17. The molecule has 0 spiro atoms. The van der Waals surface area contributed by atoms with Crippen LogP contribution in [0, 0.1) is 5.92 Å². The molecule has 1 fully saturated rings. The molecule has 0 unspecified atom stereocenters. The third kappa shape index (κ3) is 2.50. The molecule has 0 atom stereocenters. The predicted octanol–water partition coefficient (Wildman–Crippen LogP) is 0.908. The smallest absolute Gasteiger partial charge is 0.313 e. The second kappa shape index (κ2) is 4.66. The average Bonchev–Trinajstić information content (AvgIpc) is 2.66. The summed E-state index contributed by atoms with van der Waals surface area (Å²) in [6.45, 7) is 6.59. The van der Waals surface area contributed by atoms with Crippen molar-refractivity contribution in [1.29, 1.82) is 0 Å². The lowest BCUT2D eigenvalue weighted by Gasteiger charge is -2.30. The molecule has 0 amide bonds. The zero-order valence-corrected chi connectivity index (χ0v) is 9.28. The number of aromatic amines is 1. The summed E-state index contributed by atoms with van der Waals surface area (Å²) in [5, 5.41) is 0. The Balaban J connectivity index is 1.87. The van der Waals surface area contributed by atoms with Crippen molar-refractivity contribution >= 4 is 0 Å². The largest absolute Gasteiger partial charge is 0.325 e. The number of aromatic nitrogens is 2. The number of nitrogens with one attached hydrogen (secondary N) is 1. The molecular formula is C11H19N3O. The molecule has 2 heterocycles. The van der Waals surface area contributed by atoms with Crippen LogP contribution in [0.1, 0.15) is 19.8 Å². The summed E-state index contributed by atoms with van der Waals surface area (Å²) in [5.74, 6) is 0.668. The van der Waals surface area contributed by atoms with Gasteiger partial charge in [-0.25, -0.2) is 4.79 Å². The number of nitrogens with zero attached hydrogens (tertiary/aromatic N) is 2. The van der Waals surface area contributed by atoms with Crippen molar-refractivity contribution in [3.8, 4) is 0 Å². The van der Waals surface area contributed by atoms with Gasteiger partial charge in [0.25, 0.3) is 0 Å². The number of hydrogen-bond acceptors (Lipinski definition) is 2. The second-order valence-corrected chi connectivity index (χ2v) is 4.30. The van der Waals surface area contributed by atoms with Crippen molar-refractivity contribution in [2.45, 2.75) is 26.3 Å². The first-order chi connectivity index (χ1) is 7.29. The van der Waals surface area contributed by atoms with Gasteiger partial charge < -0.3 is 9.88 Å². The van der Waals surface area contributed by atoms with E-state index in [1.54, 1.807) is 10.8 Å². The Kier molecular flexibility index (Phi) is 3.26. The summed E-state index contributed by atoms with van der Waals surface area (Å²) < 4.78 is 1.78. The minimum absolute atomic E-state index is 0.0212. The predicted molar refractivity (Wildman–Crippen MR) is 59.9 cm³/mol. The molecule has 0 bridgehead atoms. The van der Waals surface area contributed by atoms with Crippen LogP contribution in [-0.4, -0.2) is 34.1 Å². The van der Waals surface area contributed by atoms with E-state index in [2.05, 4.69) is 16.8 Å². The Morgan fingerprint density at radius 2 is 2.20 bits per heavy atom. The van der Waals surface area contributed by atoms with Crippen LogP contribution >= 0.6 is 0 Å². The number of hydrogen-bond donors (Lipinski definition) is 1. The van der Waals surface area contributed by atoms with Crippen LogP contribution in [0.5, 0.6) is 0 Å². The summed E-state index contributed by atoms with van der Waals surface area (Å²) in [7, 11) is 0. The van der Waals surface area contributed by atoms with Crippen LogP contribution in [0.2, 0.25) is 0 Å². The van der Waals surface area contributed by atoms with E-state index in [-0.39, 0.29) is 5.69 Å². The highest BCUT2D eigenvalue weighted by molar-refractivity contribution is 4.79. The molecule has 15 heavy (non-hydrogen) atoms. The Hall–Kier alpha value is -1.03. The van der Waals surface area contributed by atoms with Crippen LogP contribution in [-0.2, 0) is 6.54 Å². The molecule has 0 saturated carbocycles. The zero-order valence-electron chi connectivity index (χ0n) is 9.28. The molecule has 4 nitrogen and oxygen atoms in total. The van der Waals surface area contributed by atoms with Gasteiger partial charge in [-0.3, -0.25) is 4.57 Å². The van der Waals surface area contributed by atoms with E-state index < -0.39 is 0 Å². The van der Waals surface area contributed by atoms with Crippen LogP contribution in [0.3, 0.4) is 0 Å². The molecule has 1 aromatic heterocycles. The molecule has 1 aliphatic heterocycles. The van der Waals surface area contributed by atoms with Gasteiger partial charge in [-0.15, -0.1) is 0 Å². The Morgan fingerprint density at radius 1 is 1.47 bits per heavy atom. The first-order valence-electron chi connectivity index (χ1n) is 5.75. The molecule has 2 rings (SSSR count). The summed E-state index contributed by atoms with van der Waals surface area (Å²) in [5.41, 5.74) is 0.0212. The molecule has 84 valence electrons. The molecule has 1 aromatic rings. The molecule has 1 N–H and O–H groups in total. The van der Waals surface area contributed by atoms with E-state index in [4.69, 9.17) is 0 Å². The van der Waals surface area contributed by atoms with Crippen molar-refractivity contribution in [3.05, 3.63) is 22.9 Å². The van der Waals surface area contributed by atoms with Crippen molar-refractivity contribution in [3.63, 3.8) is 0 Å². The number of piperidine rings is 1. The molecule has 4 heteroatoms. The molecule has 0 aliphatic carbocycles. The Bertz CT molecular complexity index is 347. The van der Waals surface area contributed by atoms with Gasteiger partial charge in [-0.1, -0.05) is 6.92 Å². The van der Waals surface area contributed by atoms with E-state index in [0.717, 1.165) is 13.1 Å². The lowest BCUT2D eigenvalue weighted by atomic mass is 9.97. The maximum Gasteiger partial charge on any atom is 0.325 e. The van der Waals surface area contributed by atoms with E-state index in [1.165, 1.54) is 25.9 Å². The molecule has 0 aromatic carbocycles. The lowest BCUT2D eigenvalue weighted by molar-refractivity contribution is 0.180. The van der Waals surface area contributed by atoms with Crippen LogP contribution in [0.4, 0.5) is 0 Å². The van der Waals surface area contributed by atoms with Gasteiger partial charge in [-0.2, -0.15) is 0 Å². The van der Waals surface area contributed by atoms with Crippen molar-refractivity contribution in [1.82, 2.24) is 14.5 Å². The fourth-order valence-electron chi connectivity index (χ4n) is 2.26. The van der Waals surface area contributed by atoms with E-state index in [9.17, 15) is 4.79 Å². The van der Waals surface area contributed by atoms with Gasteiger partial charge >= 0.3 is 5.69 Å². The second-order valence-electron chi connectivity index (χ2n) is 4.30. The summed E-state index contributed by atoms with van der Waals surface area (Å²) in [4.78, 5) is 16.5. The van der Waals surface area contributed by atoms with Crippen LogP contribution in [0.15, 0.2) is 17.2 Å². The summed E-state index contributed by atoms with van der Waals surface area (Å²) in [6, 6.07) is 0. The Morgan fingerprint density at radius 3 is 2.73 bits per heavy atom. The average molecular weight is 209 g/mol. The van der Waals surface area contributed by atoms with Gasteiger partial charge in [0, 0.05) is 18.9 Å². The third-order valence-electron chi connectivity index (χ3n) is 3.33. The first-order valence-corrected chi connectivity index (χ1v) is 5.75. The third-order valence-corrected chi connectivity index (χ3v) is 3.33. The first kappa shape index (κ1) is 10.5. The standard InChI is InChI=1S/C11H19N3O/c1-2-13-6-3-10(4-7-13)9-14-8-5-12-11(14)15/h5,8,10H,2-4,6-7,9H2,1H3,(H,12,15). The minimum atomic E-state index is 0.0212. The molecule has 1 saturated heterocycles. The van der Waals surface area contributed by atoms with Gasteiger partial charge in [0.2, 0.25) is 0 Å². The zero-order chi connectivity index (χ0) is 10.7. The highest BCUT2D eigenvalue weighted by atomic mass is 16.1. The fourth-order valence-corrected chi connectivity index (χ4v) is 2.26. The normalized spacial score (nSPS) is 19.5. The molecule has 1 aliphatic rings. The van der Waals surface area contributed by atoms with Gasteiger partial charge in [0.1, 0.15) is 0 Å². The van der Waals surface area contributed by atoms with E-state index in [1.807, 2.05) is 6.20 Å². The van der Waals surface area contributed by atoms with Gasteiger partial charge in [0.15, 0.2) is 0 Å². The van der Waals surface area contributed by atoms with Crippen molar-refractivity contribution in [2.24, 2.45) is 5.92 Å². The highest BCUT2D eigenvalue weighted by Gasteiger charge is 2.18. The SMILES string of the molecule is CCN1CCC(Cn2cc[nH]c2=O)CC1. The number of likely N-dealkylation sites (tertiary alicyclic amines) is 1. The number of H-pyrrole nitrogens is 1. The number of imidazole rings is 1. The quantitative estimate of drug-likeness (QED) is 0.804. The maximum absolute atomic E-state index is 11.3. The fraction of sp³-hybridized carbons (Fsp3) is 0.727. The van der Waals surface area contributed by atoms with Crippen molar-refractivity contribution in [2.75, 3.05) is 19.6 Å². The van der Waals surface area contributed by atoms with Gasteiger partial charge in [-0.05, 0) is 38.4 Å². The van der Waals surface area contributed by atoms with Crippen molar-refractivity contribution < 1.29 is 0 Å². The van der Waals surface area contributed by atoms with Crippen LogP contribution < -0.4 is 5.69 Å². The summed E-state index contributed by atoms with van der Waals surface area (Å²) >= 11 is 0. The lowest BCUT2D eigenvalue weighted by Crippen LogP contribution is -2.35. The maximum atomic E-state index is 11.3. The number of rotatable bonds is 3. The topological polar surface area (TPSA) is 41.0 Å². The summed E-state index contributed by atoms with van der Waals surface area (Å²) in [6.07, 6.45) is 5.98. The molecule has 0 radical (unpaired) electrons. The van der Waals surface area contributed by atoms with E-state index >= 15 is 0 Å². The molecular weight excluding hydrogens is 190 g/mol. The minimum Gasteiger partial charge on any atom is -0.313 e. The van der Waals surface area contributed by atoms with Gasteiger partial charge in [0.05, 0.1) is 0 Å². The monoisotopic (exact) mass is 209 g/mol. The Labute approximate surface area is 89.9 Å². The van der Waals surface area contributed by atoms with Crippen LogP contribution in [0.25, 0.3) is 0 Å².